The van der Waals surface area contributed by atoms with Crippen LogP contribution >= 0.6 is 35.4 Å². The molecule has 0 saturated carbocycles. The van der Waals surface area contributed by atoms with Crippen LogP contribution in [0.1, 0.15) is 0 Å². The van der Waals surface area contributed by atoms with E-state index in [1.165, 1.54) is 0 Å². The van der Waals surface area contributed by atoms with E-state index >= 15 is 0 Å². The maximum Gasteiger partial charge on any atom is 0.141 e. The summed E-state index contributed by atoms with van der Waals surface area (Å²) in [6.07, 6.45) is 1.62. The number of nitrogens with one attached hydrogen (secondary N) is 1. The lowest BCUT2D eigenvalue weighted by atomic mass is 10.2. The van der Waals surface area contributed by atoms with Gasteiger partial charge >= 0.3 is 0 Å². The Morgan fingerprint density at radius 2 is 1.80 bits per heavy atom. The van der Waals surface area contributed by atoms with Crippen molar-refractivity contribution in [2.24, 2.45) is 0 Å². The van der Waals surface area contributed by atoms with Crippen LogP contribution in [-0.4, -0.2) is 9.97 Å². The highest BCUT2D eigenvalue weighted by Gasteiger charge is 2.09. The monoisotopic (exact) mass is 256 g/mol. The molecule has 2 rings (SSSR count). The van der Waals surface area contributed by atoms with E-state index in [2.05, 4.69) is 9.97 Å². The summed E-state index contributed by atoms with van der Waals surface area (Å²) in [5.74, 6) is 0.582. The van der Waals surface area contributed by atoms with Crippen molar-refractivity contribution < 1.29 is 0 Å². The third-order valence-electron chi connectivity index (χ3n) is 1.87. The molecule has 0 radical (unpaired) electrons. The molecule has 0 fully saturated rings. The highest BCUT2D eigenvalue weighted by molar-refractivity contribution is 7.71. The molecule has 0 unspecified atom stereocenters. The van der Waals surface area contributed by atoms with E-state index in [4.69, 9.17) is 35.4 Å². The number of hydrogen-bond acceptors (Lipinski definition) is 2. The smallest absolute Gasteiger partial charge is 0.141 e. The van der Waals surface area contributed by atoms with Gasteiger partial charge in [-0.1, -0.05) is 41.5 Å². The van der Waals surface area contributed by atoms with Crippen LogP contribution in [0.15, 0.2) is 30.5 Å². The van der Waals surface area contributed by atoms with Gasteiger partial charge in [-0.25, -0.2) is 4.98 Å². The number of rotatable bonds is 1. The van der Waals surface area contributed by atoms with Crippen molar-refractivity contribution in [2.75, 3.05) is 0 Å². The first-order valence-corrected chi connectivity index (χ1v) is 5.34. The van der Waals surface area contributed by atoms with Crippen LogP contribution in [-0.2, 0) is 0 Å². The molecule has 76 valence electrons. The molecular weight excluding hydrogens is 251 g/mol. The maximum absolute atomic E-state index is 6.04. The fourth-order valence-corrected chi connectivity index (χ4v) is 1.96. The lowest BCUT2D eigenvalue weighted by molar-refractivity contribution is 1.16. The molecule has 5 heteroatoms. The standard InChI is InChI=1S/C10H6Cl2N2S/c11-6-2-1-3-7(12)9(6)10-13-5-4-8(15)14-10/h1-5H,(H,13,14,15). The molecule has 0 aliphatic rings. The molecule has 0 atom stereocenters. The van der Waals surface area contributed by atoms with Gasteiger partial charge in [0.2, 0.25) is 0 Å². The van der Waals surface area contributed by atoms with Gasteiger partial charge in [-0.3, -0.25) is 0 Å². The van der Waals surface area contributed by atoms with E-state index in [0.717, 1.165) is 0 Å². The second kappa shape index (κ2) is 4.31. The molecule has 1 aromatic carbocycles. The molecule has 0 amide bonds. The van der Waals surface area contributed by atoms with E-state index in [1.54, 1.807) is 30.5 Å². The Bertz CT molecular complexity index is 531. The first-order valence-electron chi connectivity index (χ1n) is 4.18. The Balaban J connectivity index is 2.69. The molecule has 15 heavy (non-hydrogen) atoms. The van der Waals surface area contributed by atoms with Gasteiger partial charge in [-0.05, 0) is 18.2 Å². The zero-order valence-corrected chi connectivity index (χ0v) is 9.83. The third kappa shape index (κ3) is 2.20. The van der Waals surface area contributed by atoms with Gasteiger partial charge in [0, 0.05) is 6.20 Å². The van der Waals surface area contributed by atoms with Crippen molar-refractivity contribution in [3.8, 4) is 11.4 Å². The normalized spacial score (nSPS) is 10.3. The maximum atomic E-state index is 6.04. The Morgan fingerprint density at radius 1 is 1.13 bits per heavy atom. The summed E-state index contributed by atoms with van der Waals surface area (Å²) >= 11 is 17.1. The predicted molar refractivity (Wildman–Crippen MR) is 64.9 cm³/mol. The zero-order chi connectivity index (χ0) is 10.8. The molecular formula is C10H6Cl2N2S. The first kappa shape index (κ1) is 10.6. The second-order valence-corrected chi connectivity index (χ2v) is 4.13. The van der Waals surface area contributed by atoms with Crippen LogP contribution in [0.5, 0.6) is 0 Å². The van der Waals surface area contributed by atoms with Crippen LogP contribution in [0.4, 0.5) is 0 Å². The molecule has 0 spiro atoms. The molecule has 1 N–H and O–H groups in total. The topological polar surface area (TPSA) is 28.7 Å². The lowest BCUT2D eigenvalue weighted by Crippen LogP contribution is -1.89. The van der Waals surface area contributed by atoms with Crippen molar-refractivity contribution in [3.63, 3.8) is 0 Å². The van der Waals surface area contributed by atoms with Crippen molar-refractivity contribution >= 4 is 35.4 Å². The number of nitrogens with zero attached hydrogens (tertiary/aromatic N) is 1. The minimum Gasteiger partial charge on any atom is -0.331 e. The van der Waals surface area contributed by atoms with Gasteiger partial charge in [-0.2, -0.15) is 0 Å². The summed E-state index contributed by atoms with van der Waals surface area (Å²) in [6.45, 7) is 0. The average molecular weight is 257 g/mol. The molecule has 0 bridgehead atoms. The third-order valence-corrected chi connectivity index (χ3v) is 2.74. The quantitative estimate of drug-likeness (QED) is 0.778. The van der Waals surface area contributed by atoms with E-state index in [1.807, 2.05) is 0 Å². The summed E-state index contributed by atoms with van der Waals surface area (Å²) in [5.41, 5.74) is 0.674. The van der Waals surface area contributed by atoms with Crippen LogP contribution in [0.3, 0.4) is 0 Å². The SMILES string of the molecule is S=c1ccnc(-c2c(Cl)cccc2Cl)[nH]1. The van der Waals surface area contributed by atoms with Gasteiger partial charge in [0.05, 0.1) is 15.6 Å². The zero-order valence-electron chi connectivity index (χ0n) is 7.50. The number of hydrogen-bond donors (Lipinski definition) is 1. The number of halogens is 2. The van der Waals surface area contributed by atoms with Gasteiger partial charge in [0.15, 0.2) is 0 Å². The molecule has 1 heterocycles. The summed E-state index contributed by atoms with van der Waals surface area (Å²) in [7, 11) is 0. The Morgan fingerprint density at radius 3 is 2.40 bits per heavy atom. The molecule has 2 aromatic rings. The van der Waals surface area contributed by atoms with Crippen LogP contribution in [0.2, 0.25) is 10.0 Å². The predicted octanol–water partition coefficient (Wildman–Crippen LogP) is 4.11. The number of benzene rings is 1. The van der Waals surface area contributed by atoms with E-state index in [0.29, 0.717) is 26.1 Å². The second-order valence-electron chi connectivity index (χ2n) is 2.88. The highest BCUT2D eigenvalue weighted by Crippen LogP contribution is 2.31. The van der Waals surface area contributed by atoms with Gasteiger partial charge in [0.25, 0.3) is 0 Å². The lowest BCUT2D eigenvalue weighted by Gasteiger charge is -2.05. The molecule has 0 aliphatic heterocycles. The van der Waals surface area contributed by atoms with Crippen LogP contribution in [0, 0.1) is 4.64 Å². The van der Waals surface area contributed by atoms with Gasteiger partial charge in [-0.15, -0.1) is 0 Å². The van der Waals surface area contributed by atoms with Crippen LogP contribution in [0.25, 0.3) is 11.4 Å². The molecule has 0 saturated heterocycles. The van der Waals surface area contributed by atoms with E-state index in [-0.39, 0.29) is 0 Å². The first-order chi connectivity index (χ1) is 7.18. The minimum atomic E-state index is 0.548. The fourth-order valence-electron chi connectivity index (χ4n) is 1.22. The fraction of sp³-hybridized carbons (Fsp3) is 0. The van der Waals surface area contributed by atoms with Gasteiger partial charge < -0.3 is 4.98 Å². The van der Waals surface area contributed by atoms with E-state index < -0.39 is 0 Å². The van der Waals surface area contributed by atoms with E-state index in [9.17, 15) is 0 Å². The van der Waals surface area contributed by atoms with Crippen molar-refractivity contribution in [1.29, 1.82) is 0 Å². The van der Waals surface area contributed by atoms with Crippen LogP contribution < -0.4 is 0 Å². The Labute approximate surface area is 102 Å². The minimum absolute atomic E-state index is 0.548. The highest BCUT2D eigenvalue weighted by atomic mass is 35.5. The Kier molecular flexibility index (Phi) is 3.05. The average Bonchev–Trinajstić information content (AvgIpc) is 2.17. The largest absolute Gasteiger partial charge is 0.331 e. The summed E-state index contributed by atoms with van der Waals surface area (Å²) in [5, 5.41) is 1.10. The molecule has 2 nitrogen and oxygen atoms in total. The van der Waals surface area contributed by atoms with Crippen molar-refractivity contribution in [2.45, 2.75) is 0 Å². The molecule has 1 aromatic heterocycles. The number of aromatic nitrogens is 2. The summed E-state index contributed by atoms with van der Waals surface area (Å²) in [4.78, 5) is 7.08. The summed E-state index contributed by atoms with van der Waals surface area (Å²) < 4.78 is 0.594. The van der Waals surface area contributed by atoms with Crippen molar-refractivity contribution in [3.05, 3.63) is 45.1 Å². The Hall–Kier alpha value is -0.900. The van der Waals surface area contributed by atoms with Crippen molar-refractivity contribution in [1.82, 2.24) is 9.97 Å². The van der Waals surface area contributed by atoms with Gasteiger partial charge in [0.1, 0.15) is 10.5 Å². The summed E-state index contributed by atoms with van der Waals surface area (Å²) in [6, 6.07) is 7.00. The molecule has 0 aliphatic carbocycles. The number of H-pyrrole nitrogens is 1. The number of aromatic amines is 1.